The number of ether oxygens (including phenoxy) is 1. The Hall–Kier alpha value is -0.770. The van der Waals surface area contributed by atoms with Gasteiger partial charge in [0.05, 0.1) is 18.2 Å². The van der Waals surface area contributed by atoms with Crippen molar-refractivity contribution >= 4 is 17.3 Å². The van der Waals surface area contributed by atoms with Crippen molar-refractivity contribution in [2.24, 2.45) is 0 Å². The molecule has 0 unspecified atom stereocenters. The van der Waals surface area contributed by atoms with Gasteiger partial charge in [0.1, 0.15) is 0 Å². The zero-order chi connectivity index (χ0) is 12.5. The molecule has 18 heavy (non-hydrogen) atoms. The standard InChI is InChI=1S/C14H19ClN2O/c1-10-13(17-6-8-18-9-7-17)3-2-11(14(10)15)12-4-5-16-12/h2-3,12,16H,4-9H2,1H3/t12-/m1/s1. The van der Waals surface area contributed by atoms with Crippen LogP contribution in [0.5, 0.6) is 0 Å². The van der Waals surface area contributed by atoms with Crippen LogP contribution in [-0.4, -0.2) is 32.8 Å². The zero-order valence-corrected chi connectivity index (χ0v) is 11.5. The van der Waals surface area contributed by atoms with E-state index in [9.17, 15) is 0 Å². The van der Waals surface area contributed by atoms with Gasteiger partial charge in [0.2, 0.25) is 0 Å². The van der Waals surface area contributed by atoms with Crippen LogP contribution in [0.15, 0.2) is 12.1 Å². The number of hydrogen-bond donors (Lipinski definition) is 1. The van der Waals surface area contributed by atoms with Crippen molar-refractivity contribution in [3.63, 3.8) is 0 Å². The maximum absolute atomic E-state index is 6.53. The normalized spacial score (nSPS) is 23.9. The minimum Gasteiger partial charge on any atom is -0.378 e. The van der Waals surface area contributed by atoms with Crippen LogP contribution in [0.25, 0.3) is 0 Å². The lowest BCUT2D eigenvalue weighted by Crippen LogP contribution is -2.37. The summed E-state index contributed by atoms with van der Waals surface area (Å²) in [6.45, 7) is 6.75. The third-order valence-corrected chi connectivity index (χ3v) is 4.44. The molecule has 0 radical (unpaired) electrons. The Kier molecular flexibility index (Phi) is 3.46. The van der Waals surface area contributed by atoms with Crippen LogP contribution < -0.4 is 10.2 Å². The molecule has 0 spiro atoms. The lowest BCUT2D eigenvalue weighted by molar-refractivity contribution is 0.122. The van der Waals surface area contributed by atoms with Crippen LogP contribution in [-0.2, 0) is 4.74 Å². The molecule has 3 rings (SSSR count). The van der Waals surface area contributed by atoms with Gasteiger partial charge in [-0.15, -0.1) is 0 Å². The van der Waals surface area contributed by atoms with Crippen molar-refractivity contribution in [3.8, 4) is 0 Å². The highest BCUT2D eigenvalue weighted by Crippen LogP contribution is 2.36. The number of morpholine rings is 1. The molecule has 1 aromatic carbocycles. The molecule has 3 nitrogen and oxygen atoms in total. The topological polar surface area (TPSA) is 24.5 Å². The van der Waals surface area contributed by atoms with Crippen LogP contribution in [0.4, 0.5) is 5.69 Å². The number of nitrogens with one attached hydrogen (secondary N) is 1. The molecular formula is C14H19ClN2O. The molecule has 1 atom stereocenters. The lowest BCUT2D eigenvalue weighted by Gasteiger charge is -2.33. The monoisotopic (exact) mass is 266 g/mol. The van der Waals surface area contributed by atoms with Gasteiger partial charge in [-0.05, 0) is 37.1 Å². The summed E-state index contributed by atoms with van der Waals surface area (Å²) in [4.78, 5) is 2.36. The first-order valence-electron chi connectivity index (χ1n) is 6.62. The molecule has 4 heteroatoms. The van der Waals surface area contributed by atoms with E-state index in [-0.39, 0.29) is 0 Å². The van der Waals surface area contributed by atoms with Gasteiger partial charge < -0.3 is 15.0 Å². The second kappa shape index (κ2) is 5.08. The molecule has 1 N–H and O–H groups in total. The van der Waals surface area contributed by atoms with E-state index >= 15 is 0 Å². The lowest BCUT2D eigenvalue weighted by atomic mass is 9.95. The molecule has 2 saturated heterocycles. The first-order valence-corrected chi connectivity index (χ1v) is 7.00. The molecule has 98 valence electrons. The fourth-order valence-electron chi connectivity index (χ4n) is 2.67. The summed E-state index contributed by atoms with van der Waals surface area (Å²) in [5.41, 5.74) is 3.70. The molecule has 0 amide bonds. The van der Waals surface area contributed by atoms with Gasteiger partial charge in [-0.1, -0.05) is 17.7 Å². The molecule has 2 aliphatic heterocycles. The van der Waals surface area contributed by atoms with Gasteiger partial charge in [0.15, 0.2) is 0 Å². The Morgan fingerprint density at radius 3 is 2.67 bits per heavy atom. The van der Waals surface area contributed by atoms with Crippen LogP contribution in [0.2, 0.25) is 5.02 Å². The molecule has 2 heterocycles. The second-order valence-electron chi connectivity index (χ2n) is 5.01. The van der Waals surface area contributed by atoms with E-state index in [2.05, 4.69) is 29.3 Å². The minimum atomic E-state index is 0.454. The molecular weight excluding hydrogens is 248 g/mol. The van der Waals surface area contributed by atoms with E-state index < -0.39 is 0 Å². The molecule has 0 aromatic heterocycles. The Labute approximate surface area is 113 Å². The summed E-state index contributed by atoms with van der Waals surface area (Å²) >= 11 is 6.53. The predicted octanol–water partition coefficient (Wildman–Crippen LogP) is 2.52. The Balaban J connectivity index is 1.89. The molecule has 2 aliphatic rings. The van der Waals surface area contributed by atoms with Gasteiger partial charge in [0.25, 0.3) is 0 Å². The van der Waals surface area contributed by atoms with E-state index in [4.69, 9.17) is 16.3 Å². The highest BCUT2D eigenvalue weighted by Gasteiger charge is 2.23. The van der Waals surface area contributed by atoms with Crippen molar-refractivity contribution in [1.82, 2.24) is 5.32 Å². The van der Waals surface area contributed by atoms with Gasteiger partial charge in [-0.3, -0.25) is 0 Å². The predicted molar refractivity (Wildman–Crippen MR) is 74.6 cm³/mol. The largest absolute Gasteiger partial charge is 0.378 e. The van der Waals surface area contributed by atoms with Crippen molar-refractivity contribution < 1.29 is 4.74 Å². The molecule has 2 fully saturated rings. The van der Waals surface area contributed by atoms with Gasteiger partial charge >= 0.3 is 0 Å². The highest BCUT2D eigenvalue weighted by molar-refractivity contribution is 6.32. The van der Waals surface area contributed by atoms with Gasteiger partial charge in [0, 0.05) is 24.8 Å². The summed E-state index contributed by atoms with van der Waals surface area (Å²) in [7, 11) is 0. The van der Waals surface area contributed by atoms with E-state index in [1.54, 1.807) is 0 Å². The van der Waals surface area contributed by atoms with Crippen molar-refractivity contribution in [3.05, 3.63) is 28.3 Å². The quantitative estimate of drug-likeness (QED) is 0.890. The first-order chi connectivity index (χ1) is 8.77. The fourth-order valence-corrected chi connectivity index (χ4v) is 2.96. The van der Waals surface area contributed by atoms with Crippen molar-refractivity contribution in [1.29, 1.82) is 0 Å². The third kappa shape index (κ3) is 2.11. The Bertz CT molecular complexity index is 440. The third-order valence-electron chi connectivity index (χ3n) is 3.94. The van der Waals surface area contributed by atoms with Crippen molar-refractivity contribution in [2.45, 2.75) is 19.4 Å². The summed E-state index contributed by atoms with van der Waals surface area (Å²) < 4.78 is 5.40. The maximum atomic E-state index is 6.53. The summed E-state index contributed by atoms with van der Waals surface area (Å²) in [6, 6.07) is 4.84. The molecule has 0 saturated carbocycles. The van der Waals surface area contributed by atoms with E-state index in [0.717, 1.165) is 37.9 Å². The molecule has 0 aliphatic carbocycles. The van der Waals surface area contributed by atoms with Crippen LogP contribution in [0.1, 0.15) is 23.6 Å². The van der Waals surface area contributed by atoms with Gasteiger partial charge in [-0.2, -0.15) is 0 Å². The van der Waals surface area contributed by atoms with Gasteiger partial charge in [-0.25, -0.2) is 0 Å². The SMILES string of the molecule is Cc1c(N2CCOCC2)ccc([C@H]2CCN2)c1Cl. The smallest absolute Gasteiger partial charge is 0.0642 e. The number of hydrogen-bond acceptors (Lipinski definition) is 3. The number of benzene rings is 1. The summed E-state index contributed by atoms with van der Waals surface area (Å²) in [6.07, 6.45) is 1.19. The van der Waals surface area contributed by atoms with E-state index in [1.165, 1.54) is 23.2 Å². The van der Waals surface area contributed by atoms with Crippen LogP contribution >= 0.6 is 11.6 Å². The average Bonchev–Trinajstić information content (AvgIpc) is 2.34. The fraction of sp³-hybridized carbons (Fsp3) is 0.571. The highest BCUT2D eigenvalue weighted by atomic mass is 35.5. The average molecular weight is 267 g/mol. The Morgan fingerprint density at radius 1 is 1.33 bits per heavy atom. The summed E-state index contributed by atoms with van der Waals surface area (Å²) in [5.74, 6) is 0. The van der Waals surface area contributed by atoms with E-state index in [0.29, 0.717) is 6.04 Å². The Morgan fingerprint density at radius 2 is 2.06 bits per heavy atom. The van der Waals surface area contributed by atoms with Crippen LogP contribution in [0.3, 0.4) is 0 Å². The molecule has 1 aromatic rings. The van der Waals surface area contributed by atoms with Crippen LogP contribution in [0, 0.1) is 6.92 Å². The number of rotatable bonds is 2. The maximum Gasteiger partial charge on any atom is 0.0642 e. The number of halogens is 1. The zero-order valence-electron chi connectivity index (χ0n) is 10.7. The number of anilines is 1. The first kappa shape index (κ1) is 12.3. The molecule has 0 bridgehead atoms. The second-order valence-corrected chi connectivity index (χ2v) is 5.39. The minimum absolute atomic E-state index is 0.454. The van der Waals surface area contributed by atoms with E-state index in [1.807, 2.05) is 0 Å². The van der Waals surface area contributed by atoms with Crippen molar-refractivity contribution in [2.75, 3.05) is 37.7 Å². The number of nitrogens with zero attached hydrogens (tertiary/aromatic N) is 1. The summed E-state index contributed by atoms with van der Waals surface area (Å²) in [5, 5.41) is 4.34.